The molecule has 9 amide bonds. The summed E-state index contributed by atoms with van der Waals surface area (Å²) in [5.74, 6) is -8.30. The summed E-state index contributed by atoms with van der Waals surface area (Å²) in [4.78, 5) is 143. The molecule has 2 aromatic carbocycles. The summed E-state index contributed by atoms with van der Waals surface area (Å²) in [7, 11) is 0. The average molecular weight is 1220 g/mol. The maximum absolute atomic E-state index is 14.9. The number of aliphatic carboxylic acids is 1. The standard InChI is InChI=1S/C62H98N12O13/c1-35(2)31-45(68-53(77)43(15-9-11-27-63)66-58(82)51(65)37(5)6)55(79)70-47(33-39-19-23-41(75)24-20-39)60(84)73-29-13-17-49(73)57(81)72-52(38(7)8)59(83)67-44(16-10-12-28-64)54(78)69-46(32-36(3)4)56(80)71-48(34-40-21-25-42(76)26-22-40)61(85)74-30-14-18-50(74)62(86)87/h19-26,35-38,43-52,75-76H,9-18,27-34,63-65H2,1-8H3,(H,66,82)(H,67,83)(H,68,77)(H,69,78)(H,70,79)(H,71,80)(H,72,81)(H,86,87)/t43-,44-,45-,46-,47+,48+,49-,50-,51-,52-/m0/s1. The van der Waals surface area contributed by atoms with E-state index in [0.29, 0.717) is 56.2 Å². The fraction of sp³-hybridized carbons (Fsp3) is 0.645. The van der Waals surface area contributed by atoms with Gasteiger partial charge >= 0.3 is 5.97 Å². The monoisotopic (exact) mass is 1220 g/mol. The molecule has 10 atom stereocenters. The lowest BCUT2D eigenvalue weighted by Gasteiger charge is -2.32. The quantitative estimate of drug-likeness (QED) is 0.0433. The first-order valence-corrected chi connectivity index (χ1v) is 30.8. The third-order valence-corrected chi connectivity index (χ3v) is 15.7. The number of rotatable bonds is 35. The highest BCUT2D eigenvalue weighted by Crippen LogP contribution is 2.24. The zero-order chi connectivity index (χ0) is 64.7. The van der Waals surface area contributed by atoms with Crippen LogP contribution in [0.15, 0.2) is 48.5 Å². The van der Waals surface area contributed by atoms with E-state index in [2.05, 4.69) is 37.2 Å². The number of hydrogen-bond acceptors (Lipinski definition) is 15. The smallest absolute Gasteiger partial charge is 0.326 e. The number of amides is 9. The van der Waals surface area contributed by atoms with Crippen molar-refractivity contribution in [1.82, 2.24) is 47.0 Å². The fourth-order valence-corrected chi connectivity index (χ4v) is 10.8. The molecule has 2 heterocycles. The van der Waals surface area contributed by atoms with Crippen LogP contribution >= 0.6 is 0 Å². The molecule has 0 saturated carbocycles. The molecule has 87 heavy (non-hydrogen) atoms. The van der Waals surface area contributed by atoms with Crippen LogP contribution in [0, 0.1) is 23.7 Å². The first-order chi connectivity index (χ1) is 41.1. The van der Waals surface area contributed by atoms with Crippen molar-refractivity contribution in [1.29, 1.82) is 0 Å². The Morgan fingerprint density at radius 3 is 1.23 bits per heavy atom. The highest BCUT2D eigenvalue weighted by atomic mass is 16.4. The third kappa shape index (κ3) is 22.7. The maximum atomic E-state index is 14.9. The Hall–Kier alpha value is -7.38. The van der Waals surface area contributed by atoms with Crippen LogP contribution in [0.4, 0.5) is 0 Å². The van der Waals surface area contributed by atoms with Gasteiger partial charge in [0.05, 0.1) is 6.04 Å². The minimum Gasteiger partial charge on any atom is -0.508 e. The van der Waals surface area contributed by atoms with Crippen LogP contribution in [0.1, 0.15) is 144 Å². The van der Waals surface area contributed by atoms with Gasteiger partial charge in [0, 0.05) is 25.9 Å². The topological polar surface area (TPSA) is 400 Å². The Kier molecular flexibility index (Phi) is 29.4. The van der Waals surface area contributed by atoms with Gasteiger partial charge in [0.1, 0.15) is 65.9 Å². The molecule has 0 bridgehead atoms. The van der Waals surface area contributed by atoms with E-state index in [0.717, 1.165) is 0 Å². The Bertz CT molecular complexity index is 2620. The molecule has 25 nitrogen and oxygen atoms in total. The molecule has 16 N–H and O–H groups in total. The number of carboxylic acid groups (broad SMARTS) is 1. The van der Waals surface area contributed by atoms with Crippen LogP contribution in [-0.4, -0.2) is 171 Å². The third-order valence-electron chi connectivity index (χ3n) is 15.7. The fourth-order valence-electron chi connectivity index (χ4n) is 10.8. The van der Waals surface area contributed by atoms with E-state index in [1.54, 1.807) is 52.0 Å². The van der Waals surface area contributed by atoms with E-state index in [4.69, 9.17) is 17.2 Å². The predicted molar refractivity (Wildman–Crippen MR) is 327 cm³/mol. The highest BCUT2D eigenvalue weighted by Gasteiger charge is 2.42. The number of phenolic OH excluding ortho intramolecular Hbond substituents is 2. The minimum absolute atomic E-state index is 0.0225. The molecule has 2 aromatic rings. The van der Waals surface area contributed by atoms with Crippen LogP contribution in [0.2, 0.25) is 0 Å². The lowest BCUT2D eigenvalue weighted by molar-refractivity contribution is -0.149. The predicted octanol–water partition coefficient (Wildman–Crippen LogP) is 1.33. The van der Waals surface area contributed by atoms with E-state index in [1.165, 1.54) is 34.1 Å². The molecule has 0 aromatic heterocycles. The van der Waals surface area contributed by atoms with Gasteiger partial charge in [-0.15, -0.1) is 0 Å². The van der Waals surface area contributed by atoms with Gasteiger partial charge in [-0.05, 0) is 149 Å². The van der Waals surface area contributed by atoms with Crippen molar-refractivity contribution in [3.05, 3.63) is 59.7 Å². The summed E-state index contributed by atoms with van der Waals surface area (Å²) in [5, 5.41) is 49.6. The van der Waals surface area contributed by atoms with E-state index >= 15 is 0 Å². The Morgan fingerprint density at radius 2 is 0.851 bits per heavy atom. The van der Waals surface area contributed by atoms with Crippen LogP contribution in [0.3, 0.4) is 0 Å². The lowest BCUT2D eigenvalue weighted by Crippen LogP contribution is -2.61. The van der Waals surface area contributed by atoms with E-state index in [9.17, 15) is 63.3 Å². The van der Waals surface area contributed by atoms with E-state index < -0.39 is 125 Å². The van der Waals surface area contributed by atoms with E-state index in [-0.39, 0.29) is 100 Å². The average Bonchev–Trinajstić information content (AvgIpc) is 2.50. The maximum Gasteiger partial charge on any atom is 0.326 e. The van der Waals surface area contributed by atoms with Gasteiger partial charge in [0.15, 0.2) is 0 Å². The first kappa shape index (κ1) is 72.1. The summed E-state index contributed by atoms with van der Waals surface area (Å²) in [6.45, 7) is 15.2. The molecule has 0 aliphatic carbocycles. The lowest BCUT2D eigenvalue weighted by atomic mass is 9.99. The molecule has 2 aliphatic heterocycles. The van der Waals surface area contributed by atoms with Crippen molar-refractivity contribution >= 4 is 59.1 Å². The number of hydrogen-bond donors (Lipinski definition) is 13. The first-order valence-electron chi connectivity index (χ1n) is 30.8. The molecular formula is C62H98N12O13. The largest absolute Gasteiger partial charge is 0.508 e. The number of carbonyl (C=O) groups is 10. The van der Waals surface area contributed by atoms with Crippen molar-refractivity contribution in [2.45, 2.75) is 206 Å². The molecular weight excluding hydrogens is 1120 g/mol. The van der Waals surface area contributed by atoms with Gasteiger partial charge in [-0.25, -0.2) is 4.79 Å². The second-order valence-electron chi connectivity index (χ2n) is 24.7. The zero-order valence-corrected chi connectivity index (χ0v) is 52.0. The summed E-state index contributed by atoms with van der Waals surface area (Å²) >= 11 is 0. The number of phenols is 2. The zero-order valence-electron chi connectivity index (χ0n) is 52.0. The molecule has 0 unspecified atom stereocenters. The Balaban J connectivity index is 1.58. The molecule has 0 spiro atoms. The number of unbranched alkanes of at least 4 members (excludes halogenated alkanes) is 2. The second kappa shape index (κ2) is 35.4. The van der Waals surface area contributed by atoms with Crippen LogP contribution < -0.4 is 54.4 Å². The summed E-state index contributed by atoms with van der Waals surface area (Å²) in [5.41, 5.74) is 18.8. The molecule has 2 saturated heterocycles. The number of benzene rings is 2. The van der Waals surface area contributed by atoms with Gasteiger partial charge in [-0.2, -0.15) is 0 Å². The number of nitrogens with two attached hydrogens (primary N) is 3. The number of likely N-dealkylation sites (tertiary alicyclic amines) is 2. The van der Waals surface area contributed by atoms with Crippen molar-refractivity contribution in [3.63, 3.8) is 0 Å². The number of carboxylic acids is 1. The van der Waals surface area contributed by atoms with Crippen LogP contribution in [0.25, 0.3) is 0 Å². The normalized spacial score (nSPS) is 17.8. The number of nitrogens with one attached hydrogen (secondary N) is 7. The van der Waals surface area contributed by atoms with Crippen molar-refractivity contribution in [2.75, 3.05) is 26.2 Å². The van der Waals surface area contributed by atoms with Crippen molar-refractivity contribution < 1.29 is 63.3 Å². The van der Waals surface area contributed by atoms with Gasteiger partial charge in [-0.1, -0.05) is 79.7 Å². The van der Waals surface area contributed by atoms with Crippen LogP contribution in [-0.2, 0) is 60.8 Å². The summed E-state index contributed by atoms with van der Waals surface area (Å²) < 4.78 is 0. The summed E-state index contributed by atoms with van der Waals surface area (Å²) in [6, 6.07) is 0.404. The van der Waals surface area contributed by atoms with Crippen molar-refractivity contribution in [3.8, 4) is 11.5 Å². The number of carbonyl (C=O) groups excluding carboxylic acids is 9. The molecule has 484 valence electrons. The molecule has 4 rings (SSSR count). The second-order valence-corrected chi connectivity index (χ2v) is 24.7. The minimum atomic E-state index is -1.30. The molecule has 25 heteroatoms. The Morgan fingerprint density at radius 1 is 0.483 bits per heavy atom. The van der Waals surface area contributed by atoms with Crippen molar-refractivity contribution in [2.24, 2.45) is 40.9 Å². The molecule has 2 aliphatic rings. The summed E-state index contributed by atoms with van der Waals surface area (Å²) in [6.07, 6.45) is 3.58. The van der Waals surface area contributed by atoms with Gasteiger partial charge in [0.25, 0.3) is 0 Å². The molecule has 2 fully saturated rings. The van der Waals surface area contributed by atoms with Gasteiger partial charge in [-0.3, -0.25) is 43.2 Å². The highest BCUT2D eigenvalue weighted by molar-refractivity contribution is 5.99. The van der Waals surface area contributed by atoms with Gasteiger partial charge < -0.3 is 79.5 Å². The number of aromatic hydroxyl groups is 2. The SMILES string of the molecule is CC(C)C[C@H](NC(=O)[C@H](CCCCN)NC(=O)[C@@H](NC(=O)[C@@H]1CCCN1C(=O)[C@@H](Cc1ccc(O)cc1)NC(=O)[C@H](CC(C)C)NC(=O)[C@H](CCCCN)NC(=O)[C@@H](N)C(C)C)C(C)C)C(=O)N[C@H](Cc1ccc(O)cc1)C(=O)N1CCC[C@H]1C(=O)O. The molecule has 0 radical (unpaired) electrons. The number of nitrogens with zero attached hydrogens (tertiary/aromatic N) is 2. The van der Waals surface area contributed by atoms with E-state index in [1.807, 2.05) is 27.7 Å². The van der Waals surface area contributed by atoms with Crippen LogP contribution in [0.5, 0.6) is 11.5 Å². The Labute approximate surface area is 511 Å². The van der Waals surface area contributed by atoms with Gasteiger partial charge in [0.2, 0.25) is 53.2 Å².